The molecule has 1 fully saturated rings. The van der Waals surface area contributed by atoms with Crippen molar-refractivity contribution < 1.29 is 8.78 Å². The molecule has 1 heterocycles. The van der Waals surface area contributed by atoms with Crippen LogP contribution in [0.3, 0.4) is 0 Å². The number of nitrogens with two attached hydrogens (primary N) is 1. The van der Waals surface area contributed by atoms with E-state index >= 15 is 0 Å². The van der Waals surface area contributed by atoms with E-state index in [0.29, 0.717) is 25.2 Å². The van der Waals surface area contributed by atoms with Gasteiger partial charge in [-0.15, -0.1) is 0 Å². The van der Waals surface area contributed by atoms with Gasteiger partial charge < -0.3 is 11.1 Å². The lowest BCUT2D eigenvalue weighted by Crippen LogP contribution is -2.28. The molecule has 0 unspecified atom stereocenters. The molecule has 0 atom stereocenters. The Bertz CT molecular complexity index is 424. The Kier molecular flexibility index (Phi) is 4.29. The number of guanidine groups is 1. The molecule has 1 aliphatic carbocycles. The summed E-state index contributed by atoms with van der Waals surface area (Å²) in [4.78, 5) is 8.25. The van der Waals surface area contributed by atoms with E-state index < -0.39 is 5.92 Å². The van der Waals surface area contributed by atoms with E-state index in [0.717, 1.165) is 0 Å². The molecular weight excluding hydrogens is 250 g/mol. The maximum Gasteiger partial charge on any atom is 0.248 e. The van der Waals surface area contributed by atoms with Crippen LogP contribution < -0.4 is 11.1 Å². The average molecular weight is 268 g/mol. The van der Waals surface area contributed by atoms with Gasteiger partial charge in [-0.05, 0) is 30.9 Å². The highest BCUT2D eigenvalue weighted by Gasteiger charge is 2.34. The van der Waals surface area contributed by atoms with Gasteiger partial charge in [0.05, 0.1) is 0 Å². The summed E-state index contributed by atoms with van der Waals surface area (Å²) >= 11 is 0. The fourth-order valence-electron chi connectivity index (χ4n) is 2.12. The van der Waals surface area contributed by atoms with Gasteiger partial charge in [0.15, 0.2) is 5.96 Å². The molecule has 6 heteroatoms. The van der Waals surface area contributed by atoms with Gasteiger partial charge >= 0.3 is 0 Å². The maximum absolute atomic E-state index is 13.0. The van der Waals surface area contributed by atoms with Crippen LogP contribution in [0.2, 0.25) is 0 Å². The molecule has 1 aromatic rings. The van der Waals surface area contributed by atoms with Gasteiger partial charge in [0.25, 0.3) is 0 Å². The fourth-order valence-corrected chi connectivity index (χ4v) is 2.12. The predicted octanol–water partition coefficient (Wildman–Crippen LogP) is 2.63. The molecule has 1 aromatic heterocycles. The molecular formula is C13H18F2N4. The van der Waals surface area contributed by atoms with Crippen molar-refractivity contribution in [2.24, 2.45) is 16.6 Å². The molecule has 0 amide bonds. The normalized spacial score (nSPS) is 20.2. The SMILES string of the molecule is NC(=NCC1CCC(F)(F)CC1)Nc1ccccn1. The smallest absolute Gasteiger partial charge is 0.248 e. The largest absolute Gasteiger partial charge is 0.370 e. The lowest BCUT2D eigenvalue weighted by molar-refractivity contribution is -0.0446. The average Bonchev–Trinajstić information content (AvgIpc) is 2.39. The summed E-state index contributed by atoms with van der Waals surface area (Å²) in [5.41, 5.74) is 5.73. The Hall–Kier alpha value is -1.72. The molecule has 0 aliphatic heterocycles. The van der Waals surface area contributed by atoms with Crippen molar-refractivity contribution in [1.82, 2.24) is 4.98 Å². The molecule has 0 saturated heterocycles. The third kappa shape index (κ3) is 4.46. The monoisotopic (exact) mass is 268 g/mol. The maximum atomic E-state index is 13.0. The zero-order chi connectivity index (χ0) is 13.7. The number of anilines is 1. The number of nitrogens with zero attached hydrogens (tertiary/aromatic N) is 2. The van der Waals surface area contributed by atoms with Crippen molar-refractivity contribution in [3.05, 3.63) is 24.4 Å². The van der Waals surface area contributed by atoms with Crippen molar-refractivity contribution in [3.8, 4) is 0 Å². The number of hydrogen-bond acceptors (Lipinski definition) is 2. The molecule has 19 heavy (non-hydrogen) atoms. The zero-order valence-corrected chi connectivity index (χ0v) is 10.6. The van der Waals surface area contributed by atoms with E-state index in [-0.39, 0.29) is 24.7 Å². The number of alkyl halides is 2. The Morgan fingerprint density at radius 1 is 1.42 bits per heavy atom. The molecule has 0 radical (unpaired) electrons. The highest BCUT2D eigenvalue weighted by molar-refractivity contribution is 5.91. The van der Waals surface area contributed by atoms with Crippen LogP contribution in [0.5, 0.6) is 0 Å². The molecule has 2 rings (SSSR count). The van der Waals surface area contributed by atoms with E-state index in [2.05, 4.69) is 15.3 Å². The highest BCUT2D eigenvalue weighted by atomic mass is 19.3. The third-order valence-corrected chi connectivity index (χ3v) is 3.28. The second-order valence-electron chi connectivity index (χ2n) is 4.87. The quantitative estimate of drug-likeness (QED) is 0.654. The van der Waals surface area contributed by atoms with Gasteiger partial charge in [-0.25, -0.2) is 13.8 Å². The first-order valence-corrected chi connectivity index (χ1v) is 6.41. The number of aliphatic imine (C=N–C) groups is 1. The molecule has 104 valence electrons. The molecule has 1 saturated carbocycles. The molecule has 0 spiro atoms. The number of aromatic nitrogens is 1. The van der Waals surface area contributed by atoms with Crippen molar-refractivity contribution in [3.63, 3.8) is 0 Å². The van der Waals surface area contributed by atoms with Gasteiger partial charge in [-0.1, -0.05) is 6.07 Å². The molecule has 1 aliphatic rings. The summed E-state index contributed by atoms with van der Waals surface area (Å²) in [7, 11) is 0. The van der Waals surface area contributed by atoms with E-state index in [1.807, 2.05) is 6.07 Å². The first-order valence-electron chi connectivity index (χ1n) is 6.41. The number of halogens is 2. The standard InChI is InChI=1S/C13H18F2N4/c14-13(15)6-4-10(5-7-13)9-18-12(16)19-11-3-1-2-8-17-11/h1-3,8,10H,4-7,9H2,(H3,16,17,18,19). The van der Waals surface area contributed by atoms with Crippen LogP contribution in [0.15, 0.2) is 29.4 Å². The van der Waals surface area contributed by atoms with E-state index in [1.165, 1.54) is 0 Å². The Morgan fingerprint density at radius 2 is 2.16 bits per heavy atom. The number of nitrogens with one attached hydrogen (secondary N) is 1. The van der Waals surface area contributed by atoms with Crippen LogP contribution in [0.1, 0.15) is 25.7 Å². The summed E-state index contributed by atoms with van der Waals surface area (Å²) < 4.78 is 26.0. The van der Waals surface area contributed by atoms with Gasteiger partial charge in [0.1, 0.15) is 5.82 Å². The first kappa shape index (κ1) is 13.7. The first-order chi connectivity index (χ1) is 9.05. The summed E-state index contributed by atoms with van der Waals surface area (Å²) in [6, 6.07) is 5.43. The van der Waals surface area contributed by atoms with E-state index in [4.69, 9.17) is 5.73 Å². The Labute approximate surface area is 111 Å². The predicted molar refractivity (Wildman–Crippen MR) is 71.3 cm³/mol. The Morgan fingerprint density at radius 3 is 2.79 bits per heavy atom. The van der Waals surface area contributed by atoms with Crippen LogP contribution in [0.4, 0.5) is 14.6 Å². The second-order valence-corrected chi connectivity index (χ2v) is 4.87. The van der Waals surface area contributed by atoms with Crippen LogP contribution >= 0.6 is 0 Å². The van der Waals surface area contributed by atoms with Gasteiger partial charge in [0.2, 0.25) is 5.92 Å². The van der Waals surface area contributed by atoms with Gasteiger partial charge in [-0.2, -0.15) is 0 Å². The number of rotatable bonds is 3. The van der Waals surface area contributed by atoms with Crippen molar-refractivity contribution in [2.75, 3.05) is 11.9 Å². The lowest BCUT2D eigenvalue weighted by atomic mass is 9.87. The van der Waals surface area contributed by atoms with Crippen LogP contribution in [-0.2, 0) is 0 Å². The molecule has 4 nitrogen and oxygen atoms in total. The molecule has 3 N–H and O–H groups in total. The van der Waals surface area contributed by atoms with E-state index in [1.54, 1.807) is 18.3 Å². The number of pyridine rings is 1. The lowest BCUT2D eigenvalue weighted by Gasteiger charge is -2.27. The number of hydrogen-bond donors (Lipinski definition) is 2. The van der Waals surface area contributed by atoms with E-state index in [9.17, 15) is 8.78 Å². The van der Waals surface area contributed by atoms with Gasteiger partial charge in [0, 0.05) is 25.6 Å². The molecule has 0 bridgehead atoms. The topological polar surface area (TPSA) is 63.3 Å². The second kappa shape index (κ2) is 5.95. The minimum absolute atomic E-state index is 0.0409. The van der Waals surface area contributed by atoms with Crippen LogP contribution in [0.25, 0.3) is 0 Å². The van der Waals surface area contributed by atoms with Crippen molar-refractivity contribution in [1.29, 1.82) is 0 Å². The van der Waals surface area contributed by atoms with Crippen molar-refractivity contribution >= 4 is 11.8 Å². The van der Waals surface area contributed by atoms with Crippen molar-refractivity contribution in [2.45, 2.75) is 31.6 Å². The summed E-state index contributed by atoms with van der Waals surface area (Å²) in [6.45, 7) is 0.488. The third-order valence-electron chi connectivity index (χ3n) is 3.28. The minimum Gasteiger partial charge on any atom is -0.370 e. The molecule has 0 aromatic carbocycles. The van der Waals surface area contributed by atoms with Gasteiger partial charge in [-0.3, -0.25) is 4.99 Å². The summed E-state index contributed by atoms with van der Waals surface area (Å²) in [6.07, 6.45) is 2.58. The van der Waals surface area contributed by atoms with Crippen LogP contribution in [-0.4, -0.2) is 23.4 Å². The fraction of sp³-hybridized carbons (Fsp3) is 0.538. The Balaban J connectivity index is 1.79. The summed E-state index contributed by atoms with van der Waals surface area (Å²) in [5, 5.41) is 2.87. The minimum atomic E-state index is -2.49. The zero-order valence-electron chi connectivity index (χ0n) is 10.6. The highest BCUT2D eigenvalue weighted by Crippen LogP contribution is 2.36. The van der Waals surface area contributed by atoms with Crippen LogP contribution in [0, 0.1) is 5.92 Å². The summed E-state index contributed by atoms with van der Waals surface area (Å²) in [5.74, 6) is -1.39.